The second kappa shape index (κ2) is 5.66. The summed E-state index contributed by atoms with van der Waals surface area (Å²) < 4.78 is 0. The SMILES string of the molecule is C#CC(C)C(=C)C(=NC)SC(=C)C. The Morgan fingerprint density at radius 1 is 1.54 bits per heavy atom. The molecule has 0 N–H and O–H groups in total. The van der Waals surface area contributed by atoms with Crippen molar-refractivity contribution in [1.29, 1.82) is 0 Å². The van der Waals surface area contributed by atoms with Gasteiger partial charge in [0.15, 0.2) is 0 Å². The standard InChI is InChI=1S/C11H15NS/c1-7-9(4)10(5)11(12-6)13-8(2)3/h1,9H,2,5H2,3-4,6H3. The molecule has 13 heavy (non-hydrogen) atoms. The van der Waals surface area contributed by atoms with Crippen molar-refractivity contribution in [2.24, 2.45) is 10.9 Å². The van der Waals surface area contributed by atoms with E-state index in [1.165, 1.54) is 11.8 Å². The highest BCUT2D eigenvalue weighted by Gasteiger charge is 2.10. The quantitative estimate of drug-likeness (QED) is 0.381. The molecule has 0 aromatic heterocycles. The molecular formula is C11H15NS. The van der Waals surface area contributed by atoms with Crippen LogP contribution in [0.5, 0.6) is 0 Å². The van der Waals surface area contributed by atoms with Crippen molar-refractivity contribution in [3.8, 4) is 12.3 Å². The van der Waals surface area contributed by atoms with E-state index in [-0.39, 0.29) is 5.92 Å². The van der Waals surface area contributed by atoms with Gasteiger partial charge < -0.3 is 0 Å². The summed E-state index contributed by atoms with van der Waals surface area (Å²) in [6.07, 6.45) is 5.30. The van der Waals surface area contributed by atoms with E-state index >= 15 is 0 Å². The van der Waals surface area contributed by atoms with Gasteiger partial charge in [-0.2, -0.15) is 0 Å². The molecule has 1 atom stereocenters. The first-order chi connectivity index (χ1) is 6.02. The molecule has 0 amide bonds. The minimum Gasteiger partial charge on any atom is -0.281 e. The van der Waals surface area contributed by atoms with E-state index in [9.17, 15) is 0 Å². The second-order valence-corrected chi connectivity index (χ2v) is 4.03. The number of nitrogens with zero attached hydrogens (tertiary/aromatic N) is 1. The van der Waals surface area contributed by atoms with Crippen molar-refractivity contribution in [3.05, 3.63) is 23.6 Å². The Kier molecular flexibility index (Phi) is 5.25. The van der Waals surface area contributed by atoms with Gasteiger partial charge in [0.1, 0.15) is 0 Å². The van der Waals surface area contributed by atoms with E-state index in [1.54, 1.807) is 7.05 Å². The maximum atomic E-state index is 5.30. The third-order valence-electron chi connectivity index (χ3n) is 1.52. The van der Waals surface area contributed by atoms with E-state index in [0.29, 0.717) is 0 Å². The van der Waals surface area contributed by atoms with E-state index in [1.807, 2.05) is 13.8 Å². The van der Waals surface area contributed by atoms with Gasteiger partial charge in [0.2, 0.25) is 0 Å². The van der Waals surface area contributed by atoms with Crippen LogP contribution >= 0.6 is 11.8 Å². The van der Waals surface area contributed by atoms with Crippen LogP contribution in [0.3, 0.4) is 0 Å². The van der Waals surface area contributed by atoms with E-state index < -0.39 is 0 Å². The van der Waals surface area contributed by atoms with Crippen molar-refractivity contribution in [1.82, 2.24) is 0 Å². The average Bonchev–Trinajstić information content (AvgIpc) is 2.11. The molecule has 1 nitrogen and oxygen atoms in total. The third-order valence-corrected chi connectivity index (χ3v) is 2.51. The summed E-state index contributed by atoms with van der Waals surface area (Å²) in [6, 6.07) is 0. The highest BCUT2D eigenvalue weighted by molar-refractivity contribution is 8.17. The first-order valence-corrected chi connectivity index (χ1v) is 4.80. The van der Waals surface area contributed by atoms with Crippen LogP contribution in [0.4, 0.5) is 0 Å². The van der Waals surface area contributed by atoms with Crippen molar-refractivity contribution in [2.45, 2.75) is 13.8 Å². The lowest BCUT2D eigenvalue weighted by Crippen LogP contribution is -2.04. The first-order valence-electron chi connectivity index (χ1n) is 3.98. The van der Waals surface area contributed by atoms with Gasteiger partial charge in [-0.1, -0.05) is 30.8 Å². The molecule has 0 saturated heterocycles. The molecule has 0 bridgehead atoms. The van der Waals surface area contributed by atoms with Gasteiger partial charge in [0.25, 0.3) is 0 Å². The topological polar surface area (TPSA) is 12.4 Å². The number of hydrogen-bond acceptors (Lipinski definition) is 2. The van der Waals surface area contributed by atoms with Gasteiger partial charge in [0.05, 0.1) is 5.04 Å². The fourth-order valence-electron chi connectivity index (χ4n) is 0.706. The molecule has 0 heterocycles. The largest absolute Gasteiger partial charge is 0.281 e. The summed E-state index contributed by atoms with van der Waals surface area (Å²) in [4.78, 5) is 5.11. The highest BCUT2D eigenvalue weighted by atomic mass is 32.2. The van der Waals surface area contributed by atoms with Crippen LogP contribution in [0.25, 0.3) is 0 Å². The molecule has 0 aliphatic heterocycles. The van der Waals surface area contributed by atoms with Gasteiger partial charge >= 0.3 is 0 Å². The van der Waals surface area contributed by atoms with E-state index in [4.69, 9.17) is 6.42 Å². The van der Waals surface area contributed by atoms with Crippen molar-refractivity contribution < 1.29 is 0 Å². The number of rotatable bonds is 3. The predicted molar refractivity (Wildman–Crippen MR) is 62.9 cm³/mol. The van der Waals surface area contributed by atoms with Crippen LogP contribution in [0, 0.1) is 18.3 Å². The van der Waals surface area contributed by atoms with Crippen LogP contribution in [-0.4, -0.2) is 12.1 Å². The molecule has 0 aromatic rings. The lowest BCUT2D eigenvalue weighted by Gasteiger charge is -2.10. The average molecular weight is 193 g/mol. The number of thioether (sulfide) groups is 1. The molecule has 0 aliphatic rings. The highest BCUT2D eigenvalue weighted by Crippen LogP contribution is 2.23. The molecule has 0 saturated carbocycles. The molecule has 0 fully saturated rings. The normalized spacial score (nSPS) is 13.2. The zero-order chi connectivity index (χ0) is 10.4. The summed E-state index contributed by atoms with van der Waals surface area (Å²) in [7, 11) is 1.74. The number of allylic oxidation sites excluding steroid dienone is 1. The summed E-state index contributed by atoms with van der Waals surface area (Å²) in [5.41, 5.74) is 0.887. The minimum atomic E-state index is 0.0329. The molecule has 1 unspecified atom stereocenters. The maximum absolute atomic E-state index is 5.30. The smallest absolute Gasteiger partial charge is 0.0983 e. The van der Waals surface area contributed by atoms with Crippen LogP contribution < -0.4 is 0 Å². The van der Waals surface area contributed by atoms with Gasteiger partial charge in [0, 0.05) is 13.0 Å². The molecule has 0 rings (SSSR count). The lowest BCUT2D eigenvalue weighted by atomic mass is 10.1. The van der Waals surface area contributed by atoms with E-state index in [2.05, 4.69) is 24.1 Å². The predicted octanol–water partition coefficient (Wildman–Crippen LogP) is 3.11. The summed E-state index contributed by atoms with van der Waals surface area (Å²) in [6.45, 7) is 11.6. The van der Waals surface area contributed by atoms with Crippen LogP contribution in [-0.2, 0) is 0 Å². The van der Waals surface area contributed by atoms with Crippen molar-refractivity contribution in [2.75, 3.05) is 7.05 Å². The zero-order valence-electron chi connectivity index (χ0n) is 8.42. The Morgan fingerprint density at radius 3 is 2.38 bits per heavy atom. The molecular weight excluding hydrogens is 178 g/mol. The van der Waals surface area contributed by atoms with Crippen LogP contribution in [0.2, 0.25) is 0 Å². The summed E-state index contributed by atoms with van der Waals surface area (Å²) >= 11 is 1.51. The molecule has 0 aliphatic carbocycles. The van der Waals surface area contributed by atoms with Crippen molar-refractivity contribution in [3.63, 3.8) is 0 Å². The Bertz CT molecular complexity index is 281. The Balaban J connectivity index is 4.54. The molecule has 0 spiro atoms. The summed E-state index contributed by atoms with van der Waals surface area (Å²) in [5, 5.41) is 0.873. The fraction of sp³-hybridized carbons (Fsp3) is 0.364. The lowest BCUT2D eigenvalue weighted by molar-refractivity contribution is 0.952. The summed E-state index contributed by atoms with van der Waals surface area (Å²) in [5.74, 6) is 2.66. The Labute approximate surface area is 85.0 Å². The van der Waals surface area contributed by atoms with Gasteiger partial charge in [-0.05, 0) is 24.3 Å². The van der Waals surface area contributed by atoms with Gasteiger partial charge in [-0.3, -0.25) is 4.99 Å². The Morgan fingerprint density at radius 2 is 2.08 bits per heavy atom. The minimum absolute atomic E-state index is 0.0329. The fourth-order valence-corrected chi connectivity index (χ4v) is 1.43. The van der Waals surface area contributed by atoms with Crippen LogP contribution in [0.1, 0.15) is 13.8 Å². The first kappa shape index (κ1) is 12.1. The number of terminal acetylenes is 1. The van der Waals surface area contributed by atoms with Crippen LogP contribution in [0.15, 0.2) is 28.6 Å². The third kappa shape index (κ3) is 4.00. The monoisotopic (exact) mass is 193 g/mol. The molecule has 70 valence electrons. The molecule has 0 aromatic carbocycles. The Hall–Kier alpha value is -0.940. The van der Waals surface area contributed by atoms with E-state index in [0.717, 1.165) is 15.5 Å². The van der Waals surface area contributed by atoms with Gasteiger partial charge in [-0.25, -0.2) is 0 Å². The molecule has 2 heteroatoms. The maximum Gasteiger partial charge on any atom is 0.0983 e. The second-order valence-electron chi connectivity index (χ2n) is 2.75. The number of hydrogen-bond donors (Lipinski definition) is 0. The zero-order valence-corrected chi connectivity index (χ0v) is 9.24. The van der Waals surface area contributed by atoms with Crippen molar-refractivity contribution >= 4 is 16.8 Å². The molecule has 0 radical (unpaired) electrons. The number of aliphatic imine (C=N–C) groups is 1. The van der Waals surface area contributed by atoms with Gasteiger partial charge in [-0.15, -0.1) is 6.42 Å².